The second kappa shape index (κ2) is 9.26. The Labute approximate surface area is 132 Å². The molecule has 5 heteroatoms. The zero-order valence-electron chi connectivity index (χ0n) is 13.8. The number of nitriles is 1. The summed E-state index contributed by atoms with van der Waals surface area (Å²) in [4.78, 5) is 12.0. The molecule has 1 unspecified atom stereocenters. The van der Waals surface area contributed by atoms with Crippen molar-refractivity contribution in [2.45, 2.75) is 65.5 Å². The molecule has 0 aromatic carbocycles. The van der Waals surface area contributed by atoms with Crippen molar-refractivity contribution < 1.29 is 9.84 Å². The molecule has 1 heterocycles. The number of rotatable bonds is 9. The second-order valence-electron chi connectivity index (χ2n) is 5.52. The average Bonchev–Trinajstić information content (AvgIpc) is 2.49. The van der Waals surface area contributed by atoms with Gasteiger partial charge in [0, 0.05) is 19.2 Å². The number of aromatic nitrogens is 1. The minimum absolute atomic E-state index is 0.0648. The lowest BCUT2D eigenvalue weighted by Gasteiger charge is -2.18. The summed E-state index contributed by atoms with van der Waals surface area (Å²) in [5.41, 5.74) is 0.385. The Morgan fingerprint density at radius 3 is 2.73 bits per heavy atom. The van der Waals surface area contributed by atoms with Crippen molar-refractivity contribution in [1.82, 2.24) is 4.57 Å². The molecule has 0 saturated carbocycles. The van der Waals surface area contributed by atoms with Crippen LogP contribution in [0.4, 0.5) is 0 Å². The van der Waals surface area contributed by atoms with Gasteiger partial charge in [-0.2, -0.15) is 5.26 Å². The third-order valence-corrected chi connectivity index (χ3v) is 3.82. The molecule has 1 N–H and O–H groups in total. The van der Waals surface area contributed by atoms with Crippen molar-refractivity contribution in [3.63, 3.8) is 0 Å². The van der Waals surface area contributed by atoms with Crippen LogP contribution in [0.15, 0.2) is 10.9 Å². The Morgan fingerprint density at radius 2 is 2.14 bits per heavy atom. The van der Waals surface area contributed by atoms with Gasteiger partial charge in [-0.25, -0.2) is 0 Å². The highest BCUT2D eigenvalue weighted by Gasteiger charge is 2.14. The van der Waals surface area contributed by atoms with Gasteiger partial charge < -0.3 is 9.84 Å². The lowest BCUT2D eigenvalue weighted by Crippen LogP contribution is -2.24. The van der Waals surface area contributed by atoms with Crippen molar-refractivity contribution >= 4 is 0 Å². The number of aromatic hydroxyl groups is 1. The lowest BCUT2D eigenvalue weighted by molar-refractivity contribution is 0.0392. The summed E-state index contributed by atoms with van der Waals surface area (Å²) in [5, 5.41) is 19.1. The summed E-state index contributed by atoms with van der Waals surface area (Å²) in [6.45, 7) is 6.92. The van der Waals surface area contributed by atoms with Crippen molar-refractivity contribution in [3.8, 4) is 11.9 Å². The molecule has 0 fully saturated rings. The fraction of sp³-hybridized carbons (Fsp3) is 0.647. The first-order valence-electron chi connectivity index (χ1n) is 8.00. The van der Waals surface area contributed by atoms with E-state index in [2.05, 4.69) is 6.92 Å². The van der Waals surface area contributed by atoms with Gasteiger partial charge in [-0.3, -0.25) is 9.36 Å². The Bertz CT molecular complexity index is 572. The molecule has 5 nitrogen and oxygen atoms in total. The molecule has 1 rings (SSSR count). The molecular weight excluding hydrogens is 280 g/mol. The van der Waals surface area contributed by atoms with Crippen molar-refractivity contribution in [2.24, 2.45) is 0 Å². The highest BCUT2D eigenvalue weighted by molar-refractivity contribution is 5.43. The molecule has 0 aliphatic rings. The monoisotopic (exact) mass is 306 g/mol. The fourth-order valence-corrected chi connectivity index (χ4v) is 2.39. The van der Waals surface area contributed by atoms with E-state index in [4.69, 9.17) is 10.00 Å². The second-order valence-corrected chi connectivity index (χ2v) is 5.52. The molecule has 0 aliphatic carbocycles. The molecular formula is C17H26N2O3. The highest BCUT2D eigenvalue weighted by atomic mass is 16.5. The smallest absolute Gasteiger partial charge is 0.253 e. The van der Waals surface area contributed by atoms with Gasteiger partial charge in [-0.05, 0) is 31.7 Å². The van der Waals surface area contributed by atoms with Crippen LogP contribution in [0, 0.1) is 18.3 Å². The van der Waals surface area contributed by atoms with E-state index >= 15 is 0 Å². The van der Waals surface area contributed by atoms with Crippen LogP contribution in [0.5, 0.6) is 5.88 Å². The van der Waals surface area contributed by atoms with Gasteiger partial charge in [0.25, 0.3) is 5.56 Å². The number of ether oxygens (including phenoxy) is 1. The van der Waals surface area contributed by atoms with E-state index in [-0.39, 0.29) is 23.1 Å². The van der Waals surface area contributed by atoms with Crippen LogP contribution in [0.2, 0.25) is 0 Å². The number of aryl methyl sites for hydroxylation is 1. The van der Waals surface area contributed by atoms with Gasteiger partial charge in [0.2, 0.25) is 5.88 Å². The maximum atomic E-state index is 12.0. The van der Waals surface area contributed by atoms with E-state index in [9.17, 15) is 9.90 Å². The summed E-state index contributed by atoms with van der Waals surface area (Å²) in [6, 6.07) is 3.33. The molecule has 0 bridgehead atoms. The van der Waals surface area contributed by atoms with Crippen LogP contribution < -0.4 is 5.56 Å². The molecule has 22 heavy (non-hydrogen) atoms. The maximum absolute atomic E-state index is 12.0. The van der Waals surface area contributed by atoms with Crippen LogP contribution in [-0.4, -0.2) is 22.4 Å². The number of pyridine rings is 1. The molecule has 0 radical (unpaired) electrons. The third kappa shape index (κ3) is 4.88. The molecule has 0 amide bonds. The van der Waals surface area contributed by atoms with E-state index in [0.717, 1.165) is 32.3 Å². The molecule has 1 aromatic heterocycles. The number of nitrogens with zero attached hydrogens (tertiary/aromatic N) is 2. The minimum Gasteiger partial charge on any atom is -0.493 e. The molecule has 1 atom stereocenters. The SMILES string of the molecule is CCCCCOC(CC)CCn1c(O)c(C#N)c(C)cc1=O. The van der Waals surface area contributed by atoms with Crippen molar-refractivity contribution in [2.75, 3.05) is 6.61 Å². The van der Waals surface area contributed by atoms with E-state index in [0.29, 0.717) is 18.5 Å². The van der Waals surface area contributed by atoms with Gasteiger partial charge in [-0.15, -0.1) is 0 Å². The predicted molar refractivity (Wildman–Crippen MR) is 86.0 cm³/mol. The fourth-order valence-electron chi connectivity index (χ4n) is 2.39. The Balaban J connectivity index is 2.71. The van der Waals surface area contributed by atoms with Crippen LogP contribution >= 0.6 is 0 Å². The summed E-state index contributed by atoms with van der Waals surface area (Å²) >= 11 is 0. The Kier molecular flexibility index (Phi) is 7.69. The first kappa shape index (κ1) is 18.2. The van der Waals surface area contributed by atoms with Gasteiger partial charge in [0.15, 0.2) is 0 Å². The highest BCUT2D eigenvalue weighted by Crippen LogP contribution is 2.18. The number of unbranched alkanes of at least 4 members (excludes halogenated alkanes) is 2. The zero-order valence-corrected chi connectivity index (χ0v) is 13.8. The van der Waals surface area contributed by atoms with Gasteiger partial charge in [0.05, 0.1) is 6.10 Å². The predicted octanol–water partition coefficient (Wildman–Crippen LogP) is 3.11. The quantitative estimate of drug-likeness (QED) is 0.711. The van der Waals surface area contributed by atoms with E-state index in [1.54, 1.807) is 6.92 Å². The molecule has 122 valence electrons. The Hall–Kier alpha value is -1.80. The van der Waals surface area contributed by atoms with Crippen LogP contribution in [0.3, 0.4) is 0 Å². The van der Waals surface area contributed by atoms with Crippen LogP contribution in [-0.2, 0) is 11.3 Å². The maximum Gasteiger partial charge on any atom is 0.253 e. The van der Waals surface area contributed by atoms with Crippen LogP contribution in [0.1, 0.15) is 57.1 Å². The Morgan fingerprint density at radius 1 is 1.41 bits per heavy atom. The van der Waals surface area contributed by atoms with Crippen LogP contribution in [0.25, 0.3) is 0 Å². The lowest BCUT2D eigenvalue weighted by atomic mass is 10.1. The first-order chi connectivity index (χ1) is 10.5. The first-order valence-corrected chi connectivity index (χ1v) is 8.00. The van der Waals surface area contributed by atoms with Gasteiger partial charge in [-0.1, -0.05) is 26.7 Å². The van der Waals surface area contributed by atoms with Gasteiger partial charge >= 0.3 is 0 Å². The molecule has 1 aromatic rings. The largest absolute Gasteiger partial charge is 0.493 e. The minimum atomic E-state index is -0.283. The van der Waals surface area contributed by atoms with E-state index in [1.165, 1.54) is 10.6 Å². The summed E-state index contributed by atoms with van der Waals surface area (Å²) in [7, 11) is 0. The van der Waals surface area contributed by atoms with Gasteiger partial charge in [0.1, 0.15) is 11.6 Å². The zero-order chi connectivity index (χ0) is 16.5. The van der Waals surface area contributed by atoms with Crippen molar-refractivity contribution in [1.29, 1.82) is 5.26 Å². The van der Waals surface area contributed by atoms with E-state index in [1.807, 2.05) is 13.0 Å². The number of hydrogen-bond acceptors (Lipinski definition) is 4. The van der Waals surface area contributed by atoms with E-state index < -0.39 is 0 Å². The molecule has 0 saturated heterocycles. The normalized spacial score (nSPS) is 12.1. The number of hydrogen-bond donors (Lipinski definition) is 1. The standard InChI is InChI=1S/C17H26N2O3/c1-4-6-7-10-22-14(5-2)8-9-19-16(20)11-13(3)15(12-18)17(19)21/h11,14,21H,4-10H2,1-3H3. The summed E-state index contributed by atoms with van der Waals surface area (Å²) in [5.74, 6) is -0.242. The van der Waals surface area contributed by atoms with Crippen molar-refractivity contribution in [3.05, 3.63) is 27.5 Å². The average molecular weight is 306 g/mol. The molecule has 0 aliphatic heterocycles. The molecule has 0 spiro atoms. The summed E-state index contributed by atoms with van der Waals surface area (Å²) in [6.07, 6.45) is 4.92. The third-order valence-electron chi connectivity index (χ3n) is 3.82. The topological polar surface area (TPSA) is 75.2 Å². The summed E-state index contributed by atoms with van der Waals surface area (Å²) < 4.78 is 7.07.